The van der Waals surface area contributed by atoms with E-state index in [-0.39, 0.29) is 0 Å². The van der Waals surface area contributed by atoms with E-state index < -0.39 is 0 Å². The number of methoxy groups -OCH3 is 1. The van der Waals surface area contributed by atoms with Crippen molar-refractivity contribution in [3.8, 4) is 0 Å². The maximum atomic E-state index is 5.59. The summed E-state index contributed by atoms with van der Waals surface area (Å²) in [6.07, 6.45) is 3.36. The molecule has 1 N–H and O–H groups in total. The summed E-state index contributed by atoms with van der Waals surface area (Å²) in [5, 5.41) is 3.48. The van der Waals surface area contributed by atoms with Crippen LogP contribution in [-0.4, -0.2) is 39.5 Å². The summed E-state index contributed by atoms with van der Waals surface area (Å²) in [4.78, 5) is 0. The molecule has 98 valence electrons. The van der Waals surface area contributed by atoms with Gasteiger partial charge in [-0.25, -0.2) is 0 Å². The second kappa shape index (κ2) is 11.4. The molecular formula is C13H29NO2. The first-order valence-corrected chi connectivity index (χ1v) is 6.56. The molecule has 0 radical (unpaired) electrons. The second-order valence-electron chi connectivity index (χ2n) is 4.26. The van der Waals surface area contributed by atoms with Crippen LogP contribution in [0.4, 0.5) is 0 Å². The molecule has 0 spiro atoms. The Kier molecular flexibility index (Phi) is 11.3. The van der Waals surface area contributed by atoms with Gasteiger partial charge in [0.05, 0.1) is 0 Å². The van der Waals surface area contributed by atoms with Crippen LogP contribution in [0.15, 0.2) is 0 Å². The van der Waals surface area contributed by atoms with E-state index in [1.165, 1.54) is 6.42 Å². The molecule has 0 aliphatic rings. The van der Waals surface area contributed by atoms with Crippen molar-refractivity contribution in [2.24, 2.45) is 5.92 Å². The van der Waals surface area contributed by atoms with Gasteiger partial charge in [0.25, 0.3) is 0 Å². The van der Waals surface area contributed by atoms with Gasteiger partial charge in [-0.3, -0.25) is 0 Å². The van der Waals surface area contributed by atoms with Gasteiger partial charge in [-0.2, -0.15) is 0 Å². The Labute approximate surface area is 101 Å². The van der Waals surface area contributed by atoms with Crippen LogP contribution < -0.4 is 5.32 Å². The highest BCUT2D eigenvalue weighted by Gasteiger charge is 2.13. The summed E-state index contributed by atoms with van der Waals surface area (Å²) in [7, 11) is 1.73. The Morgan fingerprint density at radius 2 is 1.88 bits per heavy atom. The van der Waals surface area contributed by atoms with E-state index >= 15 is 0 Å². The molecule has 0 saturated carbocycles. The Bertz CT molecular complexity index is 142. The summed E-state index contributed by atoms with van der Waals surface area (Å²) in [5.74, 6) is 0.724. The van der Waals surface area contributed by atoms with Crippen molar-refractivity contribution in [1.82, 2.24) is 5.32 Å². The summed E-state index contributed by atoms with van der Waals surface area (Å²) in [6.45, 7) is 10.2. The Morgan fingerprint density at radius 1 is 1.12 bits per heavy atom. The molecule has 3 nitrogen and oxygen atoms in total. The predicted molar refractivity (Wildman–Crippen MR) is 68.8 cm³/mol. The smallest absolute Gasteiger partial charge is 0.0487 e. The number of hydrogen-bond donors (Lipinski definition) is 1. The van der Waals surface area contributed by atoms with E-state index in [2.05, 4.69) is 26.1 Å². The van der Waals surface area contributed by atoms with E-state index in [1.807, 2.05) is 0 Å². The first-order valence-electron chi connectivity index (χ1n) is 6.56. The van der Waals surface area contributed by atoms with Gasteiger partial charge in [0.15, 0.2) is 0 Å². The van der Waals surface area contributed by atoms with Crippen molar-refractivity contribution in [3.63, 3.8) is 0 Å². The molecule has 0 saturated heterocycles. The molecule has 16 heavy (non-hydrogen) atoms. The van der Waals surface area contributed by atoms with Gasteiger partial charge < -0.3 is 14.8 Å². The minimum absolute atomic E-state index is 0.595. The highest BCUT2D eigenvalue weighted by Crippen LogP contribution is 2.13. The van der Waals surface area contributed by atoms with Gasteiger partial charge in [-0.1, -0.05) is 20.3 Å². The number of hydrogen-bond acceptors (Lipinski definition) is 3. The fraction of sp³-hybridized carbons (Fsp3) is 1.00. The van der Waals surface area contributed by atoms with Crippen molar-refractivity contribution < 1.29 is 9.47 Å². The fourth-order valence-corrected chi connectivity index (χ4v) is 1.94. The van der Waals surface area contributed by atoms with Gasteiger partial charge in [-0.15, -0.1) is 0 Å². The summed E-state index contributed by atoms with van der Waals surface area (Å²) in [6, 6.07) is 0.595. The molecular weight excluding hydrogens is 202 g/mol. The van der Waals surface area contributed by atoms with Gasteiger partial charge in [-0.05, 0) is 32.2 Å². The quantitative estimate of drug-likeness (QED) is 0.554. The van der Waals surface area contributed by atoms with Crippen LogP contribution in [0, 0.1) is 5.92 Å². The first-order chi connectivity index (χ1) is 7.76. The molecule has 0 aromatic rings. The molecule has 2 unspecified atom stereocenters. The van der Waals surface area contributed by atoms with Crippen LogP contribution in [0.3, 0.4) is 0 Å². The minimum atomic E-state index is 0.595. The molecule has 0 rings (SSSR count). The first kappa shape index (κ1) is 15.9. The largest absolute Gasteiger partial charge is 0.385 e. The summed E-state index contributed by atoms with van der Waals surface area (Å²) < 4.78 is 10.6. The van der Waals surface area contributed by atoms with Crippen molar-refractivity contribution in [1.29, 1.82) is 0 Å². The van der Waals surface area contributed by atoms with Crippen LogP contribution in [-0.2, 0) is 9.47 Å². The Morgan fingerprint density at radius 3 is 2.44 bits per heavy atom. The van der Waals surface area contributed by atoms with Crippen molar-refractivity contribution in [2.75, 3.05) is 33.5 Å². The van der Waals surface area contributed by atoms with E-state index in [4.69, 9.17) is 9.47 Å². The van der Waals surface area contributed by atoms with Crippen LogP contribution in [0.2, 0.25) is 0 Å². The van der Waals surface area contributed by atoms with E-state index in [0.717, 1.165) is 45.1 Å². The zero-order valence-corrected chi connectivity index (χ0v) is 11.4. The zero-order valence-electron chi connectivity index (χ0n) is 11.4. The molecule has 0 aromatic heterocycles. The maximum Gasteiger partial charge on any atom is 0.0487 e. The SMILES string of the molecule is CCNC(C)C(CC)CCOCCCOC. The molecule has 3 heteroatoms. The zero-order chi connectivity index (χ0) is 12.2. The number of ether oxygens (including phenoxy) is 2. The normalized spacial score (nSPS) is 15.0. The molecule has 2 atom stereocenters. The fourth-order valence-electron chi connectivity index (χ4n) is 1.94. The highest BCUT2D eigenvalue weighted by molar-refractivity contribution is 4.70. The summed E-state index contributed by atoms with van der Waals surface area (Å²) in [5.41, 5.74) is 0. The lowest BCUT2D eigenvalue weighted by Gasteiger charge is -2.23. The van der Waals surface area contributed by atoms with Crippen molar-refractivity contribution in [3.05, 3.63) is 0 Å². The monoisotopic (exact) mass is 231 g/mol. The topological polar surface area (TPSA) is 30.5 Å². The standard InChI is InChI=1S/C13H29NO2/c1-5-13(12(3)14-6-2)8-11-16-10-7-9-15-4/h12-14H,5-11H2,1-4H3. The van der Waals surface area contributed by atoms with E-state index in [9.17, 15) is 0 Å². The van der Waals surface area contributed by atoms with Gasteiger partial charge in [0.1, 0.15) is 0 Å². The number of nitrogens with one attached hydrogen (secondary N) is 1. The Balaban J connectivity index is 3.47. The lowest BCUT2D eigenvalue weighted by Crippen LogP contribution is -2.33. The molecule has 0 amide bonds. The van der Waals surface area contributed by atoms with Gasteiger partial charge in [0, 0.05) is 33.0 Å². The minimum Gasteiger partial charge on any atom is -0.385 e. The van der Waals surface area contributed by atoms with Crippen LogP contribution in [0.25, 0.3) is 0 Å². The molecule has 0 aliphatic carbocycles. The van der Waals surface area contributed by atoms with E-state index in [0.29, 0.717) is 6.04 Å². The highest BCUT2D eigenvalue weighted by atomic mass is 16.5. The van der Waals surface area contributed by atoms with Crippen molar-refractivity contribution >= 4 is 0 Å². The lowest BCUT2D eigenvalue weighted by atomic mass is 9.95. The molecule has 0 aliphatic heterocycles. The predicted octanol–water partition coefficient (Wildman–Crippen LogP) is 2.45. The molecule has 0 heterocycles. The van der Waals surface area contributed by atoms with Crippen molar-refractivity contribution in [2.45, 2.75) is 46.1 Å². The van der Waals surface area contributed by atoms with Crippen LogP contribution in [0.5, 0.6) is 0 Å². The Hall–Kier alpha value is -0.120. The third-order valence-corrected chi connectivity index (χ3v) is 3.03. The lowest BCUT2D eigenvalue weighted by molar-refractivity contribution is 0.0901. The summed E-state index contributed by atoms with van der Waals surface area (Å²) >= 11 is 0. The van der Waals surface area contributed by atoms with Crippen LogP contribution >= 0.6 is 0 Å². The average molecular weight is 231 g/mol. The maximum absolute atomic E-state index is 5.59. The molecule has 0 bridgehead atoms. The van der Waals surface area contributed by atoms with Crippen LogP contribution in [0.1, 0.15) is 40.0 Å². The number of rotatable bonds is 11. The average Bonchev–Trinajstić information content (AvgIpc) is 2.28. The third kappa shape index (κ3) is 8.08. The van der Waals surface area contributed by atoms with Gasteiger partial charge >= 0.3 is 0 Å². The third-order valence-electron chi connectivity index (χ3n) is 3.03. The molecule has 0 fully saturated rings. The van der Waals surface area contributed by atoms with E-state index in [1.54, 1.807) is 7.11 Å². The molecule has 0 aromatic carbocycles. The second-order valence-corrected chi connectivity index (χ2v) is 4.26. The van der Waals surface area contributed by atoms with Gasteiger partial charge in [0.2, 0.25) is 0 Å².